The van der Waals surface area contributed by atoms with E-state index in [-0.39, 0.29) is 18.3 Å². The standard InChI is InChI=1S/C30H45NO4S/c1-18(2)23-16-27(21(7)8)26(28(17-23)22(9)10)14-15-29(32)31-36(33,34)35-30-24(19(3)4)12-11-13-25(30)20(5)6/h11-13,16-22H,14-15H2,1-10H3,(H,31,32). The van der Waals surface area contributed by atoms with Crippen LogP contribution in [0.15, 0.2) is 30.3 Å². The molecule has 0 spiro atoms. The van der Waals surface area contributed by atoms with Gasteiger partial charge in [-0.05, 0) is 69.4 Å². The van der Waals surface area contributed by atoms with Crippen molar-refractivity contribution in [3.8, 4) is 5.75 Å². The zero-order valence-electron chi connectivity index (χ0n) is 23.7. The van der Waals surface area contributed by atoms with Gasteiger partial charge in [-0.2, -0.15) is 8.42 Å². The monoisotopic (exact) mass is 515 g/mol. The first-order chi connectivity index (χ1) is 16.6. The summed E-state index contributed by atoms with van der Waals surface area (Å²) in [6, 6.07) is 10.1. The van der Waals surface area contributed by atoms with Crippen LogP contribution in [0.2, 0.25) is 0 Å². The van der Waals surface area contributed by atoms with Gasteiger partial charge in [0.15, 0.2) is 5.75 Å². The first kappa shape index (κ1) is 29.9. The minimum atomic E-state index is -4.32. The normalized spacial score (nSPS) is 12.3. The number of nitrogens with one attached hydrogen (secondary N) is 1. The Morgan fingerprint density at radius 2 is 1.19 bits per heavy atom. The summed E-state index contributed by atoms with van der Waals surface area (Å²) in [7, 11) is -4.32. The molecule has 0 radical (unpaired) electrons. The van der Waals surface area contributed by atoms with Crippen LogP contribution in [0.1, 0.15) is 139 Å². The molecule has 0 atom stereocenters. The topological polar surface area (TPSA) is 72.5 Å². The van der Waals surface area contributed by atoms with Crippen LogP contribution in [-0.2, 0) is 21.5 Å². The minimum Gasteiger partial charge on any atom is -0.366 e. The molecule has 0 heterocycles. The van der Waals surface area contributed by atoms with Gasteiger partial charge < -0.3 is 4.18 Å². The first-order valence-electron chi connectivity index (χ1n) is 13.2. The second-order valence-corrected chi connectivity index (χ2v) is 12.6. The molecule has 200 valence electrons. The summed E-state index contributed by atoms with van der Waals surface area (Å²) in [4.78, 5) is 12.8. The van der Waals surface area contributed by atoms with E-state index in [0.717, 1.165) is 16.7 Å². The van der Waals surface area contributed by atoms with Gasteiger partial charge in [-0.25, -0.2) is 4.72 Å². The van der Waals surface area contributed by atoms with E-state index in [4.69, 9.17) is 4.18 Å². The largest absolute Gasteiger partial charge is 0.409 e. The van der Waals surface area contributed by atoms with Gasteiger partial charge in [0.05, 0.1) is 0 Å². The van der Waals surface area contributed by atoms with Crippen molar-refractivity contribution in [3.05, 3.63) is 63.7 Å². The fourth-order valence-electron chi connectivity index (χ4n) is 4.53. The van der Waals surface area contributed by atoms with Gasteiger partial charge in [-0.15, -0.1) is 0 Å². The number of rotatable bonds is 11. The number of hydrogen-bond acceptors (Lipinski definition) is 4. The summed E-state index contributed by atoms with van der Waals surface area (Å²) in [6.07, 6.45) is 0.534. The molecule has 2 aromatic carbocycles. The van der Waals surface area contributed by atoms with Crippen LogP contribution in [0.25, 0.3) is 0 Å². The third-order valence-corrected chi connectivity index (χ3v) is 7.47. The van der Waals surface area contributed by atoms with Crippen LogP contribution < -0.4 is 8.91 Å². The second-order valence-electron chi connectivity index (χ2n) is 11.3. The molecule has 0 fully saturated rings. The predicted molar refractivity (Wildman–Crippen MR) is 149 cm³/mol. The molecule has 6 heteroatoms. The van der Waals surface area contributed by atoms with Crippen molar-refractivity contribution >= 4 is 16.2 Å². The van der Waals surface area contributed by atoms with Gasteiger partial charge in [0.1, 0.15) is 0 Å². The second kappa shape index (κ2) is 12.3. The number of para-hydroxylation sites is 1. The molecule has 1 amide bonds. The highest BCUT2D eigenvalue weighted by molar-refractivity contribution is 7.85. The van der Waals surface area contributed by atoms with Gasteiger partial charge in [-0.3, -0.25) is 4.79 Å². The molecule has 0 aliphatic carbocycles. The highest BCUT2D eigenvalue weighted by atomic mass is 32.2. The third-order valence-electron chi connectivity index (χ3n) is 6.61. The number of amides is 1. The van der Waals surface area contributed by atoms with Crippen LogP contribution in [0.3, 0.4) is 0 Å². The average molecular weight is 516 g/mol. The maximum atomic E-state index is 12.9. The Bertz CT molecular complexity index is 1110. The van der Waals surface area contributed by atoms with Gasteiger partial charge in [-0.1, -0.05) is 99.6 Å². The summed E-state index contributed by atoms with van der Waals surface area (Å²) in [5.41, 5.74) is 6.48. The lowest BCUT2D eigenvalue weighted by atomic mass is 9.83. The molecular formula is C30H45NO4S. The van der Waals surface area contributed by atoms with E-state index in [0.29, 0.717) is 29.9 Å². The van der Waals surface area contributed by atoms with Crippen LogP contribution in [-0.4, -0.2) is 14.3 Å². The van der Waals surface area contributed by atoms with Crippen molar-refractivity contribution in [3.63, 3.8) is 0 Å². The van der Waals surface area contributed by atoms with Gasteiger partial charge in [0.2, 0.25) is 5.91 Å². The zero-order chi connectivity index (χ0) is 27.4. The molecule has 2 rings (SSSR count). The lowest BCUT2D eigenvalue weighted by Crippen LogP contribution is -2.34. The number of carbonyl (C=O) groups is 1. The van der Waals surface area contributed by atoms with E-state index in [2.05, 4.69) is 58.4 Å². The third kappa shape index (κ3) is 7.58. The van der Waals surface area contributed by atoms with E-state index in [9.17, 15) is 13.2 Å². The average Bonchev–Trinajstić information content (AvgIpc) is 2.75. The molecule has 0 saturated heterocycles. The van der Waals surface area contributed by atoms with E-state index < -0.39 is 16.2 Å². The van der Waals surface area contributed by atoms with Gasteiger partial charge in [0, 0.05) is 6.42 Å². The first-order valence-corrected chi connectivity index (χ1v) is 14.6. The Kier molecular flexibility index (Phi) is 10.2. The Hall–Kier alpha value is -2.34. The molecule has 2 aromatic rings. The Morgan fingerprint density at radius 3 is 1.58 bits per heavy atom. The van der Waals surface area contributed by atoms with Crippen molar-refractivity contribution in [2.45, 2.75) is 112 Å². The van der Waals surface area contributed by atoms with Crippen molar-refractivity contribution in [1.29, 1.82) is 0 Å². The van der Waals surface area contributed by atoms with Crippen LogP contribution >= 0.6 is 0 Å². The molecule has 1 N–H and O–H groups in total. The smallest absolute Gasteiger partial charge is 0.366 e. The molecular weight excluding hydrogens is 470 g/mol. The van der Waals surface area contributed by atoms with E-state index in [1.165, 1.54) is 16.7 Å². The molecule has 0 saturated carbocycles. The Morgan fingerprint density at radius 1 is 0.750 bits per heavy atom. The summed E-state index contributed by atoms with van der Waals surface area (Å²) in [5.74, 6) is 0.895. The maximum absolute atomic E-state index is 12.9. The summed E-state index contributed by atoms with van der Waals surface area (Å²) >= 11 is 0. The highest BCUT2D eigenvalue weighted by Crippen LogP contribution is 2.36. The van der Waals surface area contributed by atoms with E-state index in [1.807, 2.05) is 45.9 Å². The van der Waals surface area contributed by atoms with Crippen molar-refractivity contribution in [1.82, 2.24) is 4.72 Å². The summed E-state index contributed by atoms with van der Waals surface area (Å²) in [6.45, 7) is 20.9. The van der Waals surface area contributed by atoms with Crippen LogP contribution in [0.4, 0.5) is 0 Å². The fraction of sp³-hybridized carbons (Fsp3) is 0.567. The SMILES string of the molecule is CC(C)c1cc(C(C)C)c(CCC(=O)NS(=O)(=O)Oc2c(C(C)C)cccc2C(C)C)c(C(C)C)c1. The molecule has 0 aromatic heterocycles. The number of benzene rings is 2. The molecule has 0 bridgehead atoms. The number of carbonyl (C=O) groups excluding carboxylic acids is 1. The Labute approximate surface area is 219 Å². The van der Waals surface area contributed by atoms with E-state index in [1.54, 1.807) is 0 Å². The predicted octanol–water partition coefficient (Wildman–Crippen LogP) is 7.68. The summed E-state index contributed by atoms with van der Waals surface area (Å²) < 4.78 is 33.4. The summed E-state index contributed by atoms with van der Waals surface area (Å²) in [5, 5.41) is 0. The molecule has 36 heavy (non-hydrogen) atoms. The van der Waals surface area contributed by atoms with Crippen LogP contribution in [0, 0.1) is 0 Å². The van der Waals surface area contributed by atoms with Gasteiger partial charge in [0.25, 0.3) is 0 Å². The highest BCUT2D eigenvalue weighted by Gasteiger charge is 2.24. The lowest BCUT2D eigenvalue weighted by molar-refractivity contribution is -0.119. The Balaban J connectivity index is 2.28. The molecule has 0 aliphatic heterocycles. The zero-order valence-corrected chi connectivity index (χ0v) is 24.5. The molecule has 0 unspecified atom stereocenters. The van der Waals surface area contributed by atoms with Crippen molar-refractivity contribution < 1.29 is 17.4 Å². The van der Waals surface area contributed by atoms with Crippen molar-refractivity contribution in [2.75, 3.05) is 0 Å². The van der Waals surface area contributed by atoms with Crippen molar-refractivity contribution in [2.24, 2.45) is 0 Å². The number of hydrogen-bond donors (Lipinski definition) is 1. The maximum Gasteiger partial charge on any atom is 0.409 e. The minimum absolute atomic E-state index is 0.0614. The van der Waals surface area contributed by atoms with Gasteiger partial charge >= 0.3 is 10.3 Å². The quantitative estimate of drug-likeness (QED) is 0.333. The fourth-order valence-corrected chi connectivity index (χ4v) is 5.37. The van der Waals surface area contributed by atoms with Crippen LogP contribution in [0.5, 0.6) is 5.75 Å². The van der Waals surface area contributed by atoms with E-state index >= 15 is 0 Å². The molecule has 0 aliphatic rings. The molecule has 5 nitrogen and oxygen atoms in total. The lowest BCUT2D eigenvalue weighted by Gasteiger charge is -2.23.